The van der Waals surface area contributed by atoms with Crippen molar-refractivity contribution < 1.29 is 31.0 Å². The zero-order chi connectivity index (χ0) is 30.4. The maximum absolute atomic E-state index is 12.6. The minimum Gasteiger partial charge on any atom is -0.506 e. The number of benzene rings is 3. The summed E-state index contributed by atoms with van der Waals surface area (Å²) in [6.07, 6.45) is 4.26. The third kappa shape index (κ3) is 6.10. The normalized spacial score (nSPS) is 14.8. The average Bonchev–Trinajstić information content (AvgIpc) is 2.86. The van der Waals surface area contributed by atoms with Gasteiger partial charge in [0.1, 0.15) is 15.6 Å². The van der Waals surface area contributed by atoms with E-state index in [1.165, 1.54) is 18.2 Å². The van der Waals surface area contributed by atoms with E-state index in [2.05, 4.69) is 4.99 Å². The first-order valence-electron chi connectivity index (χ1n) is 12.2. The Morgan fingerprint density at radius 1 is 0.732 bits per heavy atom. The highest BCUT2D eigenvalue weighted by molar-refractivity contribution is 7.91. The number of aliphatic imine (C=N–C) groups is 1. The topological polar surface area (TPSA) is 193 Å². The molecule has 0 heterocycles. The molecule has 41 heavy (non-hydrogen) atoms. The summed E-state index contributed by atoms with van der Waals surface area (Å²) in [6, 6.07) is 10.6. The van der Waals surface area contributed by atoms with E-state index < -0.39 is 35.8 Å². The van der Waals surface area contributed by atoms with Crippen molar-refractivity contribution in [2.45, 2.75) is 32.6 Å². The number of anilines is 2. The highest BCUT2D eigenvalue weighted by Crippen LogP contribution is 2.37. The minimum absolute atomic E-state index is 0.0909. The number of nitrogen functional groups attached to an aromatic ring is 2. The second-order valence-corrected chi connectivity index (χ2v) is 12.6. The summed E-state index contributed by atoms with van der Waals surface area (Å²) in [7, 11) is -9.62. The highest BCUT2D eigenvalue weighted by Gasteiger charge is 2.25. The second-order valence-electron chi connectivity index (χ2n) is 9.82. The van der Waals surface area contributed by atoms with Crippen molar-refractivity contribution in [3.05, 3.63) is 105 Å². The summed E-state index contributed by atoms with van der Waals surface area (Å²) in [5, 5.41) is 9.81. The van der Waals surface area contributed by atoms with Crippen LogP contribution < -0.4 is 11.5 Å². The molecule has 1 aliphatic carbocycles. The minimum atomic E-state index is -4.83. The summed E-state index contributed by atoms with van der Waals surface area (Å²) in [6.45, 7) is 7.47. The van der Waals surface area contributed by atoms with Crippen molar-refractivity contribution in [2.75, 3.05) is 11.5 Å². The lowest BCUT2D eigenvalue weighted by atomic mass is 9.87. The molecule has 7 N–H and O–H groups in total. The van der Waals surface area contributed by atoms with Gasteiger partial charge in [-0.2, -0.15) is 16.8 Å². The van der Waals surface area contributed by atoms with E-state index in [0.717, 1.165) is 45.5 Å². The van der Waals surface area contributed by atoms with Crippen LogP contribution in [0.3, 0.4) is 0 Å². The molecule has 214 valence electrons. The van der Waals surface area contributed by atoms with Crippen LogP contribution >= 0.6 is 0 Å². The molecule has 0 amide bonds. The summed E-state index contributed by atoms with van der Waals surface area (Å²) >= 11 is 0. The summed E-state index contributed by atoms with van der Waals surface area (Å²) in [5.41, 5.74) is 19.2. The van der Waals surface area contributed by atoms with Crippen molar-refractivity contribution in [1.82, 2.24) is 0 Å². The van der Waals surface area contributed by atoms with Crippen molar-refractivity contribution >= 4 is 48.6 Å². The molecule has 0 unspecified atom stereocenters. The van der Waals surface area contributed by atoms with Crippen molar-refractivity contribution in [3.63, 3.8) is 0 Å². The molecule has 0 saturated heterocycles. The molecule has 0 saturated carbocycles. The Morgan fingerprint density at radius 3 is 1.66 bits per heavy atom. The molecule has 1 aliphatic rings. The molecule has 12 heteroatoms. The maximum atomic E-state index is 12.6. The molecule has 4 rings (SSSR count). The molecular formula is C29H29N3O7S2. The van der Waals surface area contributed by atoms with E-state index in [0.29, 0.717) is 22.5 Å². The van der Waals surface area contributed by atoms with Crippen LogP contribution in [0.25, 0.3) is 5.57 Å². The largest absolute Gasteiger partial charge is 0.506 e. The van der Waals surface area contributed by atoms with Crippen LogP contribution in [0.1, 0.15) is 33.4 Å². The fourth-order valence-corrected chi connectivity index (χ4v) is 5.88. The van der Waals surface area contributed by atoms with E-state index in [-0.39, 0.29) is 11.4 Å². The number of phenols is 1. The monoisotopic (exact) mass is 595 g/mol. The molecule has 0 aliphatic heterocycles. The van der Waals surface area contributed by atoms with E-state index >= 15 is 0 Å². The Hall–Kier alpha value is -4.23. The number of nitrogens with two attached hydrogens (primary N) is 2. The lowest BCUT2D eigenvalue weighted by Crippen LogP contribution is -2.14. The van der Waals surface area contributed by atoms with Gasteiger partial charge in [0, 0.05) is 11.4 Å². The predicted octanol–water partition coefficient (Wildman–Crippen LogP) is 4.95. The standard InChI is InChI=1S/C29H29N3O7S2/c1-15-9-20(10-16(2)28(15)30)27(21-11-17(3)29(31)18(4)12-21)19-5-7-23(25(13-19)40(34,35)36)32-22-6-8-24(33)26(14-22)41(37,38)39/h5-14,33H,30-31H2,1-4H3,(H,34,35,36)(H,37,38,39). The second kappa shape index (κ2) is 10.6. The van der Waals surface area contributed by atoms with Crippen LogP contribution in [-0.4, -0.2) is 36.8 Å². The van der Waals surface area contributed by atoms with Gasteiger partial charge in [-0.15, -0.1) is 0 Å². The van der Waals surface area contributed by atoms with Crippen LogP contribution in [0, 0.1) is 27.7 Å². The lowest BCUT2D eigenvalue weighted by molar-refractivity contribution is 0.443. The first-order valence-corrected chi connectivity index (χ1v) is 15.1. The predicted molar refractivity (Wildman–Crippen MR) is 160 cm³/mol. The number of hydrogen-bond acceptors (Lipinski definition) is 8. The van der Waals surface area contributed by atoms with E-state index in [4.69, 9.17) is 11.5 Å². The van der Waals surface area contributed by atoms with E-state index in [9.17, 15) is 31.0 Å². The van der Waals surface area contributed by atoms with E-state index in [1.807, 2.05) is 52.0 Å². The van der Waals surface area contributed by atoms with Gasteiger partial charge in [-0.25, -0.2) is 4.99 Å². The third-order valence-electron chi connectivity index (χ3n) is 6.76. The molecule has 0 spiro atoms. The van der Waals surface area contributed by atoms with Gasteiger partial charge in [0.25, 0.3) is 20.2 Å². The zero-order valence-electron chi connectivity index (χ0n) is 22.7. The SMILES string of the molecule is Cc1cc(C(=C2C=CC(=Nc3ccc(O)c(S(=O)(=O)O)c3)C(S(=O)(=O)O)=C2)c2cc(C)c(N)c(C)c2)cc(C)c1N. The summed E-state index contributed by atoms with van der Waals surface area (Å²) in [4.78, 5) is 2.84. The third-order valence-corrected chi connectivity index (χ3v) is 8.53. The number of rotatable bonds is 5. The zero-order valence-corrected chi connectivity index (χ0v) is 24.3. The van der Waals surface area contributed by atoms with Crippen molar-refractivity contribution in [3.8, 4) is 5.75 Å². The fourth-order valence-electron chi connectivity index (χ4n) is 4.62. The number of nitrogens with zero attached hydrogens (tertiary/aromatic N) is 1. The van der Waals surface area contributed by atoms with Crippen LogP contribution in [0.15, 0.2) is 81.1 Å². The molecule has 0 bridgehead atoms. The van der Waals surface area contributed by atoms with Crippen LogP contribution in [0.4, 0.5) is 17.1 Å². The Bertz CT molecular complexity index is 1850. The van der Waals surface area contributed by atoms with Crippen molar-refractivity contribution in [1.29, 1.82) is 0 Å². The summed E-state index contributed by atoms with van der Waals surface area (Å²) in [5.74, 6) is -0.709. The number of allylic oxidation sites excluding steroid dienone is 5. The van der Waals surface area contributed by atoms with Gasteiger partial charge in [0.05, 0.1) is 11.4 Å². The molecule has 3 aromatic carbocycles. The van der Waals surface area contributed by atoms with Crippen molar-refractivity contribution in [2.24, 2.45) is 4.99 Å². The molecule has 3 aromatic rings. The molecule has 10 nitrogen and oxygen atoms in total. The highest BCUT2D eigenvalue weighted by atomic mass is 32.2. The van der Waals surface area contributed by atoms with Crippen LogP contribution in [0.5, 0.6) is 5.75 Å². The van der Waals surface area contributed by atoms with Gasteiger partial charge in [0.15, 0.2) is 0 Å². The van der Waals surface area contributed by atoms with Gasteiger partial charge < -0.3 is 16.6 Å². The molecule has 0 radical (unpaired) electrons. The fraction of sp³-hybridized carbons (Fsp3) is 0.138. The number of aryl methyl sites for hydroxylation is 4. The summed E-state index contributed by atoms with van der Waals surface area (Å²) < 4.78 is 67.9. The molecule has 0 aromatic heterocycles. The van der Waals surface area contributed by atoms with E-state index in [1.54, 1.807) is 6.08 Å². The van der Waals surface area contributed by atoms with Crippen LogP contribution in [0.2, 0.25) is 0 Å². The number of aromatic hydroxyl groups is 1. The quantitative estimate of drug-likeness (QED) is 0.200. The Labute approximate surface area is 238 Å². The Balaban J connectivity index is 2.02. The van der Waals surface area contributed by atoms with Gasteiger partial charge in [-0.1, -0.05) is 6.08 Å². The first-order chi connectivity index (χ1) is 19.0. The molecule has 0 fully saturated rings. The van der Waals surface area contributed by atoms with Gasteiger partial charge in [-0.05, 0) is 127 Å². The van der Waals surface area contributed by atoms with Gasteiger partial charge >= 0.3 is 0 Å². The Morgan fingerprint density at radius 2 is 1.22 bits per heavy atom. The van der Waals surface area contributed by atoms with Gasteiger partial charge in [-0.3, -0.25) is 9.11 Å². The Kier molecular flexibility index (Phi) is 7.71. The number of phenolic OH excluding ortho intramolecular Hbond substituents is 1. The molecular weight excluding hydrogens is 566 g/mol. The molecule has 0 atom stereocenters. The lowest BCUT2D eigenvalue weighted by Gasteiger charge is -2.19. The smallest absolute Gasteiger partial charge is 0.298 e. The average molecular weight is 596 g/mol. The van der Waals surface area contributed by atoms with Gasteiger partial charge in [0.2, 0.25) is 0 Å². The maximum Gasteiger partial charge on any atom is 0.298 e. The first kappa shape index (κ1) is 29.7. The number of hydrogen-bond donors (Lipinski definition) is 5. The van der Waals surface area contributed by atoms with Crippen LogP contribution in [-0.2, 0) is 20.2 Å².